The molecule has 0 fully saturated rings. The number of rotatable bonds is 3. The van der Waals surface area contributed by atoms with E-state index in [-0.39, 0.29) is 6.61 Å². The Balaban J connectivity index is 2.95. The van der Waals surface area contributed by atoms with E-state index in [0.29, 0.717) is 17.8 Å². The first-order valence-corrected chi connectivity index (χ1v) is 4.30. The monoisotopic (exact) mass is 191 g/mol. The lowest BCUT2D eigenvalue weighted by molar-refractivity contribution is 0.304. The number of nitrogens with two attached hydrogens (primary N) is 1. The molecule has 0 amide bonds. The highest BCUT2D eigenvalue weighted by Gasteiger charge is 2.04. The number of anilines is 2. The van der Waals surface area contributed by atoms with E-state index in [4.69, 9.17) is 16.1 Å². The van der Waals surface area contributed by atoms with Crippen molar-refractivity contribution < 1.29 is 5.11 Å². The summed E-state index contributed by atoms with van der Waals surface area (Å²) in [5.41, 5.74) is 7.69. The van der Waals surface area contributed by atoms with Crippen LogP contribution in [0.1, 0.15) is 5.56 Å². The van der Waals surface area contributed by atoms with Crippen LogP contribution in [0, 0.1) is 11.3 Å². The smallest absolute Gasteiger partial charge is 0.0992 e. The zero-order valence-electron chi connectivity index (χ0n) is 8.07. The maximum atomic E-state index is 8.75. The molecule has 0 bridgehead atoms. The Labute approximate surface area is 83.2 Å². The SMILES string of the molecule is CN(CCO)c1ccc(C#N)cc1N. The van der Waals surface area contributed by atoms with Crippen molar-refractivity contribution in [1.82, 2.24) is 0 Å². The Hall–Kier alpha value is -1.73. The average Bonchev–Trinajstić information content (AvgIpc) is 2.17. The molecule has 0 saturated carbocycles. The van der Waals surface area contributed by atoms with Gasteiger partial charge in [0.1, 0.15) is 0 Å². The third-order valence-electron chi connectivity index (χ3n) is 2.00. The van der Waals surface area contributed by atoms with E-state index in [9.17, 15) is 0 Å². The summed E-state index contributed by atoms with van der Waals surface area (Å²) < 4.78 is 0. The summed E-state index contributed by atoms with van der Waals surface area (Å²) >= 11 is 0. The van der Waals surface area contributed by atoms with Gasteiger partial charge < -0.3 is 15.7 Å². The van der Waals surface area contributed by atoms with Crippen LogP contribution in [-0.4, -0.2) is 25.3 Å². The fourth-order valence-electron chi connectivity index (χ4n) is 1.24. The predicted molar refractivity (Wildman–Crippen MR) is 55.9 cm³/mol. The molecule has 0 heterocycles. The standard InChI is InChI=1S/C10H13N3O/c1-13(4-5-14)10-3-2-8(7-11)6-9(10)12/h2-3,6,14H,4-5,12H2,1H3. The number of hydrogen-bond donors (Lipinski definition) is 2. The largest absolute Gasteiger partial charge is 0.397 e. The van der Waals surface area contributed by atoms with Crippen molar-refractivity contribution in [2.75, 3.05) is 30.8 Å². The van der Waals surface area contributed by atoms with Gasteiger partial charge in [-0.25, -0.2) is 0 Å². The van der Waals surface area contributed by atoms with Gasteiger partial charge in [-0.3, -0.25) is 0 Å². The highest BCUT2D eigenvalue weighted by atomic mass is 16.3. The van der Waals surface area contributed by atoms with Gasteiger partial charge in [-0.2, -0.15) is 5.26 Å². The summed E-state index contributed by atoms with van der Waals surface area (Å²) in [5, 5.41) is 17.4. The number of hydrogen-bond acceptors (Lipinski definition) is 4. The molecule has 0 aliphatic heterocycles. The van der Waals surface area contributed by atoms with E-state index >= 15 is 0 Å². The van der Waals surface area contributed by atoms with Crippen LogP contribution >= 0.6 is 0 Å². The molecule has 1 rings (SSSR count). The molecule has 1 aromatic carbocycles. The molecule has 74 valence electrons. The molecular formula is C10H13N3O. The van der Waals surface area contributed by atoms with Gasteiger partial charge in [0.05, 0.1) is 29.6 Å². The molecule has 1 aromatic rings. The zero-order valence-corrected chi connectivity index (χ0v) is 8.07. The Morgan fingerprint density at radius 1 is 1.57 bits per heavy atom. The van der Waals surface area contributed by atoms with Gasteiger partial charge in [0.25, 0.3) is 0 Å². The first kappa shape index (κ1) is 10.4. The van der Waals surface area contributed by atoms with E-state index in [1.165, 1.54) is 0 Å². The van der Waals surface area contributed by atoms with Crippen LogP contribution in [0.5, 0.6) is 0 Å². The van der Waals surface area contributed by atoms with E-state index < -0.39 is 0 Å². The fourth-order valence-corrected chi connectivity index (χ4v) is 1.24. The maximum Gasteiger partial charge on any atom is 0.0992 e. The molecule has 0 aromatic heterocycles. The summed E-state index contributed by atoms with van der Waals surface area (Å²) in [4.78, 5) is 1.84. The van der Waals surface area contributed by atoms with E-state index in [1.54, 1.807) is 18.2 Å². The number of likely N-dealkylation sites (N-methyl/N-ethyl adjacent to an activating group) is 1. The second kappa shape index (κ2) is 4.49. The Bertz CT molecular complexity index is 357. The van der Waals surface area contributed by atoms with Crippen LogP contribution in [0.3, 0.4) is 0 Å². The third kappa shape index (κ3) is 2.15. The van der Waals surface area contributed by atoms with Crippen LogP contribution in [0.25, 0.3) is 0 Å². The lowest BCUT2D eigenvalue weighted by Gasteiger charge is -2.19. The molecule has 0 aliphatic carbocycles. The summed E-state index contributed by atoms with van der Waals surface area (Å²) in [7, 11) is 1.84. The van der Waals surface area contributed by atoms with E-state index in [2.05, 4.69) is 0 Å². The molecule has 4 nitrogen and oxygen atoms in total. The van der Waals surface area contributed by atoms with E-state index in [0.717, 1.165) is 5.69 Å². The Kier molecular flexibility index (Phi) is 3.32. The van der Waals surface area contributed by atoms with Crippen molar-refractivity contribution in [3.63, 3.8) is 0 Å². The lowest BCUT2D eigenvalue weighted by atomic mass is 10.2. The molecule has 0 spiro atoms. The van der Waals surface area contributed by atoms with Gasteiger partial charge in [-0.15, -0.1) is 0 Å². The minimum absolute atomic E-state index is 0.0793. The Morgan fingerprint density at radius 2 is 2.29 bits per heavy atom. The number of nitrogen functional groups attached to an aromatic ring is 1. The van der Waals surface area contributed by atoms with Gasteiger partial charge in [0.2, 0.25) is 0 Å². The lowest BCUT2D eigenvalue weighted by Crippen LogP contribution is -2.22. The molecule has 4 heteroatoms. The second-order valence-corrected chi connectivity index (χ2v) is 3.03. The third-order valence-corrected chi connectivity index (χ3v) is 2.00. The van der Waals surface area contributed by atoms with Crippen molar-refractivity contribution >= 4 is 11.4 Å². The zero-order chi connectivity index (χ0) is 10.6. The molecule has 0 radical (unpaired) electrons. The molecule has 0 atom stereocenters. The van der Waals surface area contributed by atoms with Gasteiger partial charge in [-0.05, 0) is 18.2 Å². The molecule has 0 unspecified atom stereocenters. The highest BCUT2D eigenvalue weighted by Crippen LogP contribution is 2.22. The number of aliphatic hydroxyl groups is 1. The fraction of sp³-hybridized carbons (Fsp3) is 0.300. The summed E-state index contributed by atoms with van der Waals surface area (Å²) in [5.74, 6) is 0. The average molecular weight is 191 g/mol. The number of nitriles is 1. The van der Waals surface area contributed by atoms with Crippen LogP contribution in [0.4, 0.5) is 11.4 Å². The van der Waals surface area contributed by atoms with Crippen molar-refractivity contribution in [3.8, 4) is 6.07 Å². The number of benzene rings is 1. The van der Waals surface area contributed by atoms with Gasteiger partial charge >= 0.3 is 0 Å². The molecule has 3 N–H and O–H groups in total. The van der Waals surface area contributed by atoms with Gasteiger partial charge in [0.15, 0.2) is 0 Å². The van der Waals surface area contributed by atoms with Crippen molar-refractivity contribution in [1.29, 1.82) is 5.26 Å². The maximum absolute atomic E-state index is 8.75. The second-order valence-electron chi connectivity index (χ2n) is 3.03. The molecular weight excluding hydrogens is 178 g/mol. The number of nitrogens with zero attached hydrogens (tertiary/aromatic N) is 2. The van der Waals surface area contributed by atoms with Gasteiger partial charge in [0, 0.05) is 13.6 Å². The summed E-state index contributed by atoms with van der Waals surface area (Å²) in [6, 6.07) is 7.14. The van der Waals surface area contributed by atoms with Gasteiger partial charge in [-0.1, -0.05) is 0 Å². The Morgan fingerprint density at radius 3 is 2.79 bits per heavy atom. The van der Waals surface area contributed by atoms with E-state index in [1.807, 2.05) is 18.0 Å². The number of aliphatic hydroxyl groups excluding tert-OH is 1. The van der Waals surface area contributed by atoms with Crippen molar-refractivity contribution in [2.45, 2.75) is 0 Å². The minimum Gasteiger partial charge on any atom is -0.397 e. The highest BCUT2D eigenvalue weighted by molar-refractivity contribution is 5.69. The van der Waals surface area contributed by atoms with Crippen LogP contribution in [0.15, 0.2) is 18.2 Å². The van der Waals surface area contributed by atoms with Crippen molar-refractivity contribution in [2.24, 2.45) is 0 Å². The van der Waals surface area contributed by atoms with Crippen LogP contribution in [-0.2, 0) is 0 Å². The molecule has 0 saturated heterocycles. The minimum atomic E-state index is 0.0793. The first-order chi connectivity index (χ1) is 6.69. The van der Waals surface area contributed by atoms with Crippen molar-refractivity contribution in [3.05, 3.63) is 23.8 Å². The van der Waals surface area contributed by atoms with Crippen LogP contribution in [0.2, 0.25) is 0 Å². The quantitative estimate of drug-likeness (QED) is 0.685. The summed E-state index contributed by atoms with van der Waals surface area (Å²) in [6.45, 7) is 0.603. The molecule has 14 heavy (non-hydrogen) atoms. The first-order valence-electron chi connectivity index (χ1n) is 4.30. The topological polar surface area (TPSA) is 73.3 Å². The molecule has 0 aliphatic rings. The predicted octanol–water partition coefficient (Wildman–Crippen LogP) is 0.569. The van der Waals surface area contributed by atoms with Crippen LogP contribution < -0.4 is 10.6 Å². The normalized spacial score (nSPS) is 9.50. The summed E-state index contributed by atoms with van der Waals surface area (Å²) in [6.07, 6.45) is 0.